The number of hydrogen-bond acceptors (Lipinski definition) is 4. The van der Waals surface area contributed by atoms with Gasteiger partial charge in [-0.15, -0.1) is 0 Å². The first-order chi connectivity index (χ1) is 12.1. The lowest BCUT2D eigenvalue weighted by molar-refractivity contribution is 0.461. The maximum Gasteiger partial charge on any atom is 0.238 e. The van der Waals surface area contributed by atoms with Gasteiger partial charge >= 0.3 is 0 Å². The number of nitrogens with zero attached hydrogens (tertiary/aromatic N) is 3. The first-order valence-corrected chi connectivity index (χ1v) is 7.96. The van der Waals surface area contributed by atoms with E-state index < -0.39 is 0 Å². The van der Waals surface area contributed by atoms with Crippen LogP contribution in [0.1, 0.15) is 5.56 Å². The molecule has 0 bridgehead atoms. The Kier molecular flexibility index (Phi) is 3.74. The molecule has 0 atom stereocenters. The highest BCUT2D eigenvalue weighted by atomic mass is 35.5. The quantitative estimate of drug-likeness (QED) is 0.580. The van der Waals surface area contributed by atoms with Gasteiger partial charge in [0.15, 0.2) is 17.3 Å². The lowest BCUT2D eigenvalue weighted by Gasteiger charge is -2.07. The molecule has 4 aromatic rings. The number of benzene rings is 2. The summed E-state index contributed by atoms with van der Waals surface area (Å²) in [7, 11) is 0. The molecular weight excluding hydrogens is 338 g/mol. The summed E-state index contributed by atoms with van der Waals surface area (Å²) in [4.78, 5) is 16.1. The third kappa shape index (κ3) is 2.99. The summed E-state index contributed by atoms with van der Waals surface area (Å²) < 4.78 is 5.69. The van der Waals surface area contributed by atoms with Crippen LogP contribution in [0.2, 0.25) is 5.02 Å². The van der Waals surface area contributed by atoms with E-state index in [4.69, 9.17) is 22.1 Å². The smallest absolute Gasteiger partial charge is 0.238 e. The Morgan fingerprint density at radius 1 is 1.12 bits per heavy atom. The lowest BCUT2D eigenvalue weighted by atomic mass is 10.2. The predicted octanol–water partition coefficient (Wildman–Crippen LogP) is 4.69. The first kappa shape index (κ1) is 15.4. The zero-order valence-corrected chi connectivity index (χ0v) is 14.0. The van der Waals surface area contributed by atoms with Crippen molar-refractivity contribution >= 4 is 28.5 Å². The molecule has 6 nitrogen and oxygen atoms in total. The average molecular weight is 351 g/mol. The van der Waals surface area contributed by atoms with Crippen LogP contribution in [-0.4, -0.2) is 19.9 Å². The Labute approximate surface area is 148 Å². The van der Waals surface area contributed by atoms with Crippen molar-refractivity contribution in [3.05, 3.63) is 59.2 Å². The van der Waals surface area contributed by atoms with E-state index in [1.807, 2.05) is 37.3 Å². The average Bonchev–Trinajstić information content (AvgIpc) is 3.01. The molecule has 0 saturated carbocycles. The van der Waals surface area contributed by atoms with Crippen LogP contribution in [0.3, 0.4) is 0 Å². The van der Waals surface area contributed by atoms with Crippen molar-refractivity contribution in [1.82, 2.24) is 25.7 Å². The van der Waals surface area contributed by atoms with Crippen molar-refractivity contribution < 1.29 is 4.74 Å². The van der Waals surface area contributed by atoms with E-state index >= 15 is 0 Å². The molecule has 2 aromatic carbocycles. The topological polar surface area (TPSA) is 87.5 Å². The van der Waals surface area contributed by atoms with Gasteiger partial charge in [0.25, 0.3) is 0 Å². The number of aromatic nitrogens is 4. The van der Waals surface area contributed by atoms with E-state index in [0.29, 0.717) is 22.3 Å². The zero-order chi connectivity index (χ0) is 17.4. The van der Waals surface area contributed by atoms with Gasteiger partial charge in [-0.25, -0.2) is 15.0 Å². The Balaban J connectivity index is 1.75. The van der Waals surface area contributed by atoms with Crippen molar-refractivity contribution in [1.29, 1.82) is 0 Å². The van der Waals surface area contributed by atoms with Crippen molar-refractivity contribution in [2.24, 2.45) is 0 Å². The minimum atomic E-state index is 0.0160. The summed E-state index contributed by atoms with van der Waals surface area (Å²) in [5.74, 6) is 1.21. The fraction of sp³-hybridized carbons (Fsp3) is 0.0556. The molecule has 2 heterocycles. The van der Waals surface area contributed by atoms with Gasteiger partial charge in [0.2, 0.25) is 5.88 Å². The number of nitrogens with one attached hydrogen (secondary N) is 2. The maximum absolute atomic E-state index is 8.03. The van der Waals surface area contributed by atoms with Gasteiger partial charge in [-0.3, -0.25) is 5.73 Å². The summed E-state index contributed by atoms with van der Waals surface area (Å²) in [6, 6.07) is 13.0. The number of ether oxygens (including phenoxy) is 1. The van der Waals surface area contributed by atoms with E-state index in [9.17, 15) is 0 Å². The zero-order valence-electron chi connectivity index (χ0n) is 13.2. The Bertz CT molecular complexity index is 1080. The fourth-order valence-electron chi connectivity index (χ4n) is 2.46. The molecule has 123 valence electrons. The molecule has 0 fully saturated rings. The van der Waals surface area contributed by atoms with Crippen LogP contribution >= 0.6 is 11.6 Å². The van der Waals surface area contributed by atoms with Crippen molar-refractivity contribution in [2.45, 2.75) is 6.92 Å². The Hall–Kier alpha value is -3.12. The second-order valence-electron chi connectivity index (χ2n) is 5.54. The van der Waals surface area contributed by atoms with Crippen LogP contribution in [0.4, 0.5) is 5.82 Å². The van der Waals surface area contributed by atoms with Crippen LogP contribution < -0.4 is 10.5 Å². The second-order valence-corrected chi connectivity index (χ2v) is 5.95. The van der Waals surface area contributed by atoms with Crippen LogP contribution in [0.25, 0.3) is 22.6 Å². The van der Waals surface area contributed by atoms with Gasteiger partial charge in [-0.2, -0.15) is 0 Å². The standard InChI is InChI=1S/C18H13ClN5O/c1-10-6-7-12-13(8-10)23-18(22-12)16-17(20)21-9-15(24-16)25-14-5-3-2-4-11(14)19/h2-9,20H,1H3,(H,22,23). The van der Waals surface area contributed by atoms with Crippen molar-refractivity contribution in [2.75, 3.05) is 0 Å². The molecule has 7 heteroatoms. The van der Waals surface area contributed by atoms with Gasteiger partial charge in [0.05, 0.1) is 22.3 Å². The molecule has 0 unspecified atom stereocenters. The molecule has 1 radical (unpaired) electrons. The summed E-state index contributed by atoms with van der Waals surface area (Å²) >= 11 is 6.10. The molecule has 4 rings (SSSR count). The number of rotatable bonds is 3. The monoisotopic (exact) mass is 350 g/mol. The molecule has 2 N–H and O–H groups in total. The van der Waals surface area contributed by atoms with Gasteiger partial charge in [-0.1, -0.05) is 29.8 Å². The summed E-state index contributed by atoms with van der Waals surface area (Å²) in [5.41, 5.74) is 11.2. The minimum absolute atomic E-state index is 0.0160. The number of imidazole rings is 1. The summed E-state index contributed by atoms with van der Waals surface area (Å²) in [6.07, 6.45) is 1.39. The number of aryl methyl sites for hydroxylation is 1. The highest BCUT2D eigenvalue weighted by Crippen LogP contribution is 2.30. The van der Waals surface area contributed by atoms with Gasteiger partial charge < -0.3 is 9.72 Å². The highest BCUT2D eigenvalue weighted by molar-refractivity contribution is 6.32. The van der Waals surface area contributed by atoms with Crippen LogP contribution in [0, 0.1) is 6.92 Å². The van der Waals surface area contributed by atoms with Crippen LogP contribution in [0.15, 0.2) is 48.7 Å². The van der Waals surface area contributed by atoms with E-state index in [1.165, 1.54) is 6.20 Å². The van der Waals surface area contributed by atoms with E-state index in [1.54, 1.807) is 12.1 Å². The molecule has 0 amide bonds. The molecule has 0 aliphatic heterocycles. The number of hydrogen-bond donors (Lipinski definition) is 1. The molecule has 25 heavy (non-hydrogen) atoms. The fourth-order valence-corrected chi connectivity index (χ4v) is 2.64. The van der Waals surface area contributed by atoms with Crippen molar-refractivity contribution in [3.63, 3.8) is 0 Å². The van der Waals surface area contributed by atoms with Crippen LogP contribution in [0.5, 0.6) is 11.6 Å². The maximum atomic E-state index is 8.03. The van der Waals surface area contributed by atoms with E-state index in [0.717, 1.165) is 16.6 Å². The van der Waals surface area contributed by atoms with Gasteiger partial charge in [0, 0.05) is 0 Å². The highest BCUT2D eigenvalue weighted by Gasteiger charge is 2.14. The van der Waals surface area contributed by atoms with Crippen LogP contribution in [-0.2, 0) is 0 Å². The van der Waals surface area contributed by atoms with Gasteiger partial charge in [-0.05, 0) is 36.8 Å². The normalized spacial score (nSPS) is 11.0. The Morgan fingerprint density at radius 3 is 2.80 bits per heavy atom. The van der Waals surface area contributed by atoms with E-state index in [-0.39, 0.29) is 11.7 Å². The summed E-state index contributed by atoms with van der Waals surface area (Å²) in [5, 5.41) is 0.472. The molecule has 0 spiro atoms. The molecule has 0 aliphatic rings. The molecule has 0 aliphatic carbocycles. The predicted molar refractivity (Wildman–Crippen MR) is 96.1 cm³/mol. The molecule has 0 saturated heterocycles. The third-order valence-corrected chi connectivity index (χ3v) is 3.98. The Morgan fingerprint density at radius 2 is 1.96 bits per heavy atom. The molecule has 2 aromatic heterocycles. The number of aromatic amines is 1. The number of halogens is 1. The summed E-state index contributed by atoms with van der Waals surface area (Å²) in [6.45, 7) is 2.01. The van der Waals surface area contributed by atoms with Gasteiger partial charge in [0.1, 0.15) is 5.75 Å². The second kappa shape index (κ2) is 6.07. The number of para-hydroxylation sites is 1. The number of H-pyrrole nitrogens is 1. The van der Waals surface area contributed by atoms with Crippen molar-refractivity contribution in [3.8, 4) is 23.1 Å². The SMILES string of the molecule is Cc1ccc2nc(-c3nc(Oc4ccccc4Cl)cnc3[NH])[nH]c2c1. The third-order valence-electron chi connectivity index (χ3n) is 3.66. The lowest BCUT2D eigenvalue weighted by Crippen LogP contribution is -1.96. The van der Waals surface area contributed by atoms with E-state index in [2.05, 4.69) is 19.9 Å². The largest absolute Gasteiger partial charge is 0.436 e. The number of fused-ring (bicyclic) bond motifs is 1. The molecular formula is C18H13ClN5O. The minimum Gasteiger partial charge on any atom is -0.436 e. The first-order valence-electron chi connectivity index (χ1n) is 7.58.